The Morgan fingerprint density at radius 2 is 1.87 bits per heavy atom. The highest BCUT2D eigenvalue weighted by atomic mass is 16.6. The number of hydrogen-bond acceptors (Lipinski definition) is 3. The highest BCUT2D eigenvalue weighted by molar-refractivity contribution is 5.98. The van der Waals surface area contributed by atoms with Crippen molar-refractivity contribution in [2.75, 3.05) is 14.2 Å². The predicted molar refractivity (Wildman–Crippen MR) is 60.0 cm³/mol. The van der Waals surface area contributed by atoms with Crippen LogP contribution in [0.5, 0.6) is 5.75 Å². The molecule has 0 unspecified atom stereocenters. The van der Waals surface area contributed by atoms with Crippen molar-refractivity contribution in [2.45, 2.75) is 6.92 Å². The molecule has 0 saturated heterocycles. The van der Waals surface area contributed by atoms with Gasteiger partial charge in [0.05, 0.1) is 7.11 Å². The van der Waals surface area contributed by atoms with Crippen LogP contribution in [-0.2, 0) is 4.84 Å². The normalized spacial score (nSPS) is 10.2. The van der Waals surface area contributed by atoms with Gasteiger partial charge in [-0.1, -0.05) is 11.1 Å². The van der Waals surface area contributed by atoms with E-state index in [0.29, 0.717) is 5.71 Å². The maximum absolute atomic E-state index is 5.04. The van der Waals surface area contributed by atoms with Gasteiger partial charge in [-0.3, -0.25) is 0 Å². The van der Waals surface area contributed by atoms with Gasteiger partial charge < -0.3 is 9.57 Å². The molecule has 0 aromatic heterocycles. The molecule has 1 aromatic carbocycles. The summed E-state index contributed by atoms with van der Waals surface area (Å²) < 4.78 is 5.04. The van der Waals surface area contributed by atoms with E-state index in [-0.39, 0.29) is 0 Å². The van der Waals surface area contributed by atoms with Gasteiger partial charge in [0.2, 0.25) is 0 Å². The number of hydrogen-bond donors (Lipinski definition) is 0. The van der Waals surface area contributed by atoms with Crippen molar-refractivity contribution >= 4 is 5.71 Å². The van der Waals surface area contributed by atoms with E-state index in [1.807, 2.05) is 24.3 Å². The molecule has 0 spiro atoms. The number of methoxy groups -OCH3 is 1. The fourth-order valence-electron chi connectivity index (χ4n) is 0.997. The van der Waals surface area contributed by atoms with Gasteiger partial charge in [0.25, 0.3) is 0 Å². The Balaban J connectivity index is 2.76. The molecule has 0 fully saturated rings. The Labute approximate surface area is 89.7 Å². The molecule has 1 aromatic rings. The zero-order chi connectivity index (χ0) is 11.1. The monoisotopic (exact) mass is 203 g/mol. The number of rotatable bonds is 2. The quantitative estimate of drug-likeness (QED) is 0.418. The highest BCUT2D eigenvalue weighted by Crippen LogP contribution is 2.09. The van der Waals surface area contributed by atoms with E-state index in [1.165, 1.54) is 7.11 Å². The summed E-state index contributed by atoms with van der Waals surface area (Å²) in [6, 6.07) is 7.53. The van der Waals surface area contributed by atoms with Crippen molar-refractivity contribution < 1.29 is 9.57 Å². The molecular formula is C12H13NO2. The van der Waals surface area contributed by atoms with Gasteiger partial charge in [-0.25, -0.2) is 0 Å². The fraction of sp³-hybridized carbons (Fsp3) is 0.250. The van der Waals surface area contributed by atoms with Crippen LogP contribution < -0.4 is 4.74 Å². The topological polar surface area (TPSA) is 30.8 Å². The van der Waals surface area contributed by atoms with Crippen LogP contribution in [0.2, 0.25) is 0 Å². The fourth-order valence-corrected chi connectivity index (χ4v) is 0.997. The summed E-state index contributed by atoms with van der Waals surface area (Å²) in [5, 5.41) is 3.69. The number of oxime groups is 1. The lowest BCUT2D eigenvalue weighted by atomic mass is 10.2. The Morgan fingerprint density at radius 1 is 1.20 bits per heavy atom. The molecule has 0 aliphatic rings. The average Bonchev–Trinajstić information content (AvgIpc) is 2.27. The zero-order valence-corrected chi connectivity index (χ0v) is 9.07. The molecule has 0 saturated carbocycles. The van der Waals surface area contributed by atoms with Crippen molar-refractivity contribution in [2.24, 2.45) is 5.16 Å². The van der Waals surface area contributed by atoms with Gasteiger partial charge in [-0.2, -0.15) is 0 Å². The SMILES string of the molecule is CO/N=C(/C)C#Cc1ccc(OC)cc1. The molecule has 0 amide bonds. The van der Waals surface area contributed by atoms with Crippen LogP contribution in [-0.4, -0.2) is 19.9 Å². The van der Waals surface area contributed by atoms with Crippen LogP contribution in [0.4, 0.5) is 0 Å². The summed E-state index contributed by atoms with van der Waals surface area (Å²) in [6.07, 6.45) is 0. The van der Waals surface area contributed by atoms with Crippen molar-refractivity contribution in [3.05, 3.63) is 29.8 Å². The van der Waals surface area contributed by atoms with Crippen LogP contribution in [0.3, 0.4) is 0 Å². The second kappa shape index (κ2) is 5.71. The minimum Gasteiger partial charge on any atom is -0.497 e. The summed E-state index contributed by atoms with van der Waals surface area (Å²) in [7, 11) is 3.13. The molecule has 0 N–H and O–H groups in total. The van der Waals surface area contributed by atoms with E-state index in [0.717, 1.165) is 11.3 Å². The second-order valence-electron chi connectivity index (χ2n) is 2.84. The lowest BCUT2D eigenvalue weighted by Crippen LogP contribution is -1.86. The Bertz CT molecular complexity index is 396. The van der Waals surface area contributed by atoms with Gasteiger partial charge in [0.1, 0.15) is 18.6 Å². The lowest BCUT2D eigenvalue weighted by molar-refractivity contribution is 0.214. The first-order chi connectivity index (χ1) is 7.26. The first kappa shape index (κ1) is 11.1. The van der Waals surface area contributed by atoms with Crippen LogP contribution in [0.25, 0.3) is 0 Å². The smallest absolute Gasteiger partial charge is 0.126 e. The van der Waals surface area contributed by atoms with Crippen LogP contribution >= 0.6 is 0 Å². The molecule has 0 aliphatic heterocycles. The van der Waals surface area contributed by atoms with Gasteiger partial charge in [-0.05, 0) is 37.1 Å². The third kappa shape index (κ3) is 3.74. The van der Waals surface area contributed by atoms with E-state index in [1.54, 1.807) is 14.0 Å². The summed E-state index contributed by atoms with van der Waals surface area (Å²) in [4.78, 5) is 4.59. The van der Waals surface area contributed by atoms with Crippen molar-refractivity contribution in [1.82, 2.24) is 0 Å². The molecule has 0 heterocycles. The molecular weight excluding hydrogens is 190 g/mol. The number of ether oxygens (including phenoxy) is 1. The van der Waals surface area contributed by atoms with Crippen LogP contribution in [0.15, 0.2) is 29.4 Å². The Morgan fingerprint density at radius 3 is 2.40 bits per heavy atom. The van der Waals surface area contributed by atoms with E-state index in [2.05, 4.69) is 21.8 Å². The summed E-state index contributed by atoms with van der Waals surface area (Å²) >= 11 is 0. The van der Waals surface area contributed by atoms with E-state index in [9.17, 15) is 0 Å². The minimum absolute atomic E-state index is 0.647. The molecule has 3 heteroatoms. The van der Waals surface area contributed by atoms with Crippen LogP contribution in [0, 0.1) is 11.8 Å². The molecule has 0 atom stereocenters. The second-order valence-corrected chi connectivity index (χ2v) is 2.84. The minimum atomic E-state index is 0.647. The molecule has 0 radical (unpaired) electrons. The highest BCUT2D eigenvalue weighted by Gasteiger charge is 1.89. The molecule has 0 aliphatic carbocycles. The Hall–Kier alpha value is -1.95. The number of nitrogens with zero attached hydrogens (tertiary/aromatic N) is 1. The average molecular weight is 203 g/mol. The van der Waals surface area contributed by atoms with E-state index >= 15 is 0 Å². The summed E-state index contributed by atoms with van der Waals surface area (Å²) in [5.41, 5.74) is 1.56. The molecule has 3 nitrogen and oxygen atoms in total. The van der Waals surface area contributed by atoms with Gasteiger partial charge in [0.15, 0.2) is 0 Å². The molecule has 15 heavy (non-hydrogen) atoms. The van der Waals surface area contributed by atoms with Gasteiger partial charge in [-0.15, -0.1) is 0 Å². The maximum Gasteiger partial charge on any atom is 0.126 e. The summed E-state index contributed by atoms with van der Waals surface area (Å²) in [5.74, 6) is 6.66. The first-order valence-electron chi connectivity index (χ1n) is 4.50. The standard InChI is InChI=1S/C12H13NO2/c1-10(13-15-3)4-5-11-6-8-12(14-2)9-7-11/h6-9H,1-3H3/b13-10-. The third-order valence-electron chi connectivity index (χ3n) is 1.71. The largest absolute Gasteiger partial charge is 0.497 e. The van der Waals surface area contributed by atoms with Crippen molar-refractivity contribution in [3.63, 3.8) is 0 Å². The molecule has 1 rings (SSSR count). The van der Waals surface area contributed by atoms with E-state index < -0.39 is 0 Å². The van der Waals surface area contributed by atoms with Gasteiger partial charge in [0, 0.05) is 5.56 Å². The maximum atomic E-state index is 5.04. The number of benzene rings is 1. The van der Waals surface area contributed by atoms with E-state index in [4.69, 9.17) is 4.74 Å². The summed E-state index contributed by atoms with van der Waals surface area (Å²) in [6.45, 7) is 1.79. The first-order valence-corrected chi connectivity index (χ1v) is 4.50. The zero-order valence-electron chi connectivity index (χ0n) is 9.07. The Kier molecular flexibility index (Phi) is 4.24. The lowest BCUT2D eigenvalue weighted by Gasteiger charge is -1.97. The van der Waals surface area contributed by atoms with Crippen molar-refractivity contribution in [1.29, 1.82) is 0 Å². The van der Waals surface area contributed by atoms with Gasteiger partial charge >= 0.3 is 0 Å². The predicted octanol–water partition coefficient (Wildman–Crippen LogP) is 2.07. The third-order valence-corrected chi connectivity index (χ3v) is 1.71. The van der Waals surface area contributed by atoms with Crippen molar-refractivity contribution in [3.8, 4) is 17.6 Å². The van der Waals surface area contributed by atoms with Crippen LogP contribution in [0.1, 0.15) is 12.5 Å². The molecule has 0 bridgehead atoms. The molecule has 78 valence electrons.